The van der Waals surface area contributed by atoms with Crippen LogP contribution in [-0.2, 0) is 4.74 Å². The fourth-order valence-corrected chi connectivity index (χ4v) is 2.63. The van der Waals surface area contributed by atoms with Gasteiger partial charge in [-0.15, -0.1) is 0 Å². The number of nitrogens with one attached hydrogen (secondary N) is 1. The van der Waals surface area contributed by atoms with Gasteiger partial charge in [-0.25, -0.2) is 0 Å². The average Bonchev–Trinajstić information content (AvgIpc) is 2.18. The van der Waals surface area contributed by atoms with Crippen molar-refractivity contribution >= 4 is 8.16 Å². The number of hydrogen-bond acceptors (Lipinski definition) is 4. The Balaban J connectivity index is 2.78. The molecule has 0 saturated carbocycles. The summed E-state index contributed by atoms with van der Waals surface area (Å²) in [5.74, 6) is 0.0987. The van der Waals surface area contributed by atoms with Crippen molar-refractivity contribution in [2.45, 2.75) is 51.5 Å². The lowest BCUT2D eigenvalue weighted by Gasteiger charge is -2.40. The van der Waals surface area contributed by atoms with E-state index in [0.717, 1.165) is 6.42 Å². The summed E-state index contributed by atoms with van der Waals surface area (Å²) in [7, 11) is -0.173. The fraction of sp³-hybridized carbons (Fsp3) is 1.00. The van der Waals surface area contributed by atoms with Gasteiger partial charge in [0.2, 0.25) is 0 Å². The third-order valence-electron chi connectivity index (χ3n) is 2.94. The molecule has 0 aromatic heterocycles. The minimum atomic E-state index is -0.443. The lowest BCUT2D eigenvalue weighted by atomic mass is 9.86. The molecule has 5 heteroatoms. The van der Waals surface area contributed by atoms with E-state index in [-0.39, 0.29) is 32.3 Å². The van der Waals surface area contributed by atoms with Crippen LogP contribution >= 0.6 is 8.16 Å². The predicted octanol–water partition coefficient (Wildman–Crippen LogP) is 2.17. The second kappa shape index (κ2) is 5.06. The quantitative estimate of drug-likeness (QED) is 0.697. The standard InChI is InChI=1S/C9H19N2O2P/c1-4-7-9(12)5(2)8(11-14-10)6(3)13-7/h5-10,12,14H,4H2,1-3H3/t5-,6+,7?,8?,9+/m1/s1. The molecule has 4 nitrogen and oxygen atoms in total. The van der Waals surface area contributed by atoms with Gasteiger partial charge in [0.1, 0.15) is 0 Å². The van der Waals surface area contributed by atoms with E-state index in [1.54, 1.807) is 0 Å². The van der Waals surface area contributed by atoms with Crippen molar-refractivity contribution in [1.29, 1.82) is 5.16 Å². The molecule has 0 aromatic rings. The lowest BCUT2D eigenvalue weighted by molar-refractivity contribution is -0.144. The molecule has 0 aromatic carbocycles. The Hall–Kier alpha value is -0.180. The van der Waals surface area contributed by atoms with Gasteiger partial charge in [0, 0.05) is 14.1 Å². The number of aliphatic hydroxyl groups is 1. The van der Waals surface area contributed by atoms with Crippen molar-refractivity contribution in [3.05, 3.63) is 0 Å². The van der Waals surface area contributed by atoms with Crippen LogP contribution in [0.5, 0.6) is 0 Å². The summed E-state index contributed by atoms with van der Waals surface area (Å²) in [6, 6.07) is -0.0244. The highest BCUT2D eigenvalue weighted by atomic mass is 31.0. The van der Waals surface area contributed by atoms with Crippen molar-refractivity contribution in [3.63, 3.8) is 0 Å². The van der Waals surface area contributed by atoms with E-state index in [1.165, 1.54) is 0 Å². The van der Waals surface area contributed by atoms with Crippen molar-refractivity contribution in [2.24, 2.45) is 10.7 Å². The first kappa shape index (κ1) is 11.9. The molecule has 0 spiro atoms. The molecule has 0 amide bonds. The van der Waals surface area contributed by atoms with Crippen molar-refractivity contribution < 1.29 is 9.84 Å². The second-order valence-electron chi connectivity index (χ2n) is 3.87. The molecule has 14 heavy (non-hydrogen) atoms. The fourth-order valence-electron chi connectivity index (χ4n) is 2.04. The topological polar surface area (TPSA) is 65.7 Å². The first-order chi connectivity index (χ1) is 6.61. The number of nitrogens with zero attached hydrogens (tertiary/aromatic N) is 1. The van der Waals surface area contributed by atoms with Crippen molar-refractivity contribution in [3.8, 4) is 0 Å². The Morgan fingerprint density at radius 3 is 2.64 bits per heavy atom. The molecular formula is C9H19N2O2P. The Bertz CT molecular complexity index is 243. The molecule has 1 saturated heterocycles. The zero-order valence-corrected chi connectivity index (χ0v) is 9.90. The Kier molecular flexibility index (Phi) is 4.30. The SMILES string of the molecule is CCC1O[C@@H](C)C(N=[PH]=N)[C@@H](C)[C@@H]1O. The molecule has 1 heterocycles. The van der Waals surface area contributed by atoms with E-state index in [4.69, 9.17) is 9.90 Å². The van der Waals surface area contributed by atoms with Crippen molar-refractivity contribution in [2.75, 3.05) is 0 Å². The second-order valence-corrected chi connectivity index (χ2v) is 4.35. The molecule has 0 radical (unpaired) electrons. The number of aliphatic hydroxyl groups excluding tert-OH is 1. The Morgan fingerprint density at radius 1 is 1.50 bits per heavy atom. The molecule has 2 N–H and O–H groups in total. The highest BCUT2D eigenvalue weighted by molar-refractivity contribution is 7.13. The van der Waals surface area contributed by atoms with E-state index >= 15 is 0 Å². The first-order valence-electron chi connectivity index (χ1n) is 5.06. The van der Waals surface area contributed by atoms with E-state index in [1.807, 2.05) is 20.8 Å². The molecule has 1 fully saturated rings. The molecule has 82 valence electrons. The van der Waals surface area contributed by atoms with Gasteiger partial charge < -0.3 is 9.84 Å². The van der Waals surface area contributed by atoms with Gasteiger partial charge in [0.25, 0.3) is 0 Å². The van der Waals surface area contributed by atoms with Gasteiger partial charge >= 0.3 is 0 Å². The van der Waals surface area contributed by atoms with Gasteiger partial charge in [-0.3, -0.25) is 9.91 Å². The van der Waals surface area contributed by atoms with Gasteiger partial charge in [-0.05, 0) is 13.3 Å². The van der Waals surface area contributed by atoms with E-state index in [9.17, 15) is 5.11 Å². The zero-order valence-electron chi connectivity index (χ0n) is 8.90. The van der Waals surface area contributed by atoms with Crippen LogP contribution in [0, 0.1) is 11.1 Å². The molecule has 0 aliphatic carbocycles. The monoisotopic (exact) mass is 218 g/mol. The molecule has 1 aliphatic rings. The maximum Gasteiger partial charge on any atom is 0.0863 e. The van der Waals surface area contributed by atoms with Gasteiger partial charge in [-0.1, -0.05) is 13.8 Å². The smallest absolute Gasteiger partial charge is 0.0863 e. The van der Waals surface area contributed by atoms with E-state index in [2.05, 4.69) is 4.74 Å². The maximum atomic E-state index is 9.91. The molecule has 3 unspecified atom stereocenters. The summed E-state index contributed by atoms with van der Waals surface area (Å²) in [6.07, 6.45) is 0.337. The Labute approximate surface area is 86.1 Å². The minimum Gasteiger partial charge on any atom is -0.390 e. The first-order valence-corrected chi connectivity index (χ1v) is 6.01. The van der Waals surface area contributed by atoms with Crippen LogP contribution < -0.4 is 0 Å². The van der Waals surface area contributed by atoms with Crippen molar-refractivity contribution in [1.82, 2.24) is 0 Å². The lowest BCUT2D eigenvalue weighted by Crippen LogP contribution is -2.50. The summed E-state index contributed by atoms with van der Waals surface area (Å²) in [5.41, 5.74) is 0. The van der Waals surface area contributed by atoms with Crippen LogP contribution in [0.4, 0.5) is 0 Å². The predicted molar refractivity (Wildman–Crippen MR) is 57.0 cm³/mol. The summed E-state index contributed by atoms with van der Waals surface area (Å²) < 4.78 is 9.83. The van der Waals surface area contributed by atoms with Crippen LogP contribution in [-0.4, -0.2) is 29.5 Å². The third kappa shape index (κ3) is 2.25. The molecule has 6 atom stereocenters. The Morgan fingerprint density at radius 2 is 2.14 bits per heavy atom. The van der Waals surface area contributed by atoms with Crippen LogP contribution in [0.2, 0.25) is 0 Å². The maximum absolute atomic E-state index is 9.91. The molecule has 1 rings (SSSR count). The number of ether oxygens (including phenoxy) is 1. The van der Waals surface area contributed by atoms with Crippen LogP contribution in [0.1, 0.15) is 27.2 Å². The van der Waals surface area contributed by atoms with Crippen LogP contribution in [0.15, 0.2) is 4.74 Å². The average molecular weight is 218 g/mol. The highest BCUT2D eigenvalue weighted by Crippen LogP contribution is 2.30. The third-order valence-corrected chi connectivity index (χ3v) is 3.37. The van der Waals surface area contributed by atoms with E-state index in [0.29, 0.717) is 0 Å². The normalized spacial score (nSPS) is 43.9. The minimum absolute atomic E-state index is 0.0243. The van der Waals surface area contributed by atoms with Gasteiger partial charge in [0.05, 0.1) is 24.4 Å². The summed E-state index contributed by atoms with van der Waals surface area (Å²) in [5, 5.41) is 17.0. The van der Waals surface area contributed by atoms with Crippen LogP contribution in [0.3, 0.4) is 0 Å². The summed E-state index contributed by atoms with van der Waals surface area (Å²) in [4.78, 5) is 0. The van der Waals surface area contributed by atoms with E-state index < -0.39 is 6.10 Å². The largest absolute Gasteiger partial charge is 0.390 e. The highest BCUT2D eigenvalue weighted by Gasteiger charge is 2.39. The molecule has 1 aliphatic heterocycles. The number of rotatable bonds is 2. The summed E-state index contributed by atoms with van der Waals surface area (Å²) in [6.45, 7) is 5.97. The zero-order chi connectivity index (χ0) is 10.7. The van der Waals surface area contributed by atoms with Gasteiger partial charge in [-0.2, -0.15) is 0 Å². The van der Waals surface area contributed by atoms with Crippen LogP contribution in [0.25, 0.3) is 0 Å². The van der Waals surface area contributed by atoms with Gasteiger partial charge in [0.15, 0.2) is 0 Å². The molecule has 0 bridgehead atoms. The number of hydrogen-bond donors (Lipinski definition) is 2. The molecular weight excluding hydrogens is 199 g/mol. The summed E-state index contributed by atoms with van der Waals surface area (Å²) >= 11 is 0.